The van der Waals surface area contributed by atoms with Crippen molar-refractivity contribution in [1.29, 1.82) is 0 Å². The van der Waals surface area contributed by atoms with E-state index in [1.54, 1.807) is 0 Å². The third-order valence-corrected chi connectivity index (χ3v) is 16.0. The fourth-order valence-electron chi connectivity index (χ4n) is 12.4. The first-order valence-electron chi connectivity index (χ1n) is 25.6. The molecule has 12 rings (SSSR count). The van der Waals surface area contributed by atoms with Gasteiger partial charge in [-0.15, -0.1) is 0 Å². The summed E-state index contributed by atoms with van der Waals surface area (Å²) in [5, 5.41) is 9.96. The molecule has 1 saturated heterocycles. The number of allylic oxidation sites excluding steroid dienone is 3. The van der Waals surface area contributed by atoms with Crippen molar-refractivity contribution in [2.45, 2.75) is 117 Å². The van der Waals surface area contributed by atoms with Crippen molar-refractivity contribution in [3.8, 4) is 0 Å². The van der Waals surface area contributed by atoms with Crippen LogP contribution in [0.3, 0.4) is 0 Å². The molecule has 0 radical (unpaired) electrons. The molecule has 0 spiro atoms. The predicted molar refractivity (Wildman–Crippen MR) is 293 cm³/mol. The molecule has 1 aliphatic heterocycles. The Kier molecular flexibility index (Phi) is 10.5. The standard InChI is InChI=1S/C65H64N2O2/c1-38(2)42-23-27-44(28-24-42)66(56-20-14-18-50-46-16-10-12-21-59(46)68-63(50)56)57-36-54(40(5)6)48-32-34-53-58(37-55(41(7)8)49-31-33-52(57)61(48)62(49)53)67(45-29-25-43(26-30-45)39(3)4)65(9)35-15-19-51-47-17-11-13-22-60(47)69-64(51)65/h10-12,14-21,23-41,47,60,64H,13,22H2,1-9H3/t47?,60?,64?,65-/m0/s1. The molecule has 2 heterocycles. The lowest BCUT2D eigenvalue weighted by atomic mass is 9.77. The van der Waals surface area contributed by atoms with Crippen LogP contribution in [0.2, 0.25) is 0 Å². The first kappa shape index (κ1) is 43.6. The lowest BCUT2D eigenvalue weighted by Crippen LogP contribution is -2.53. The van der Waals surface area contributed by atoms with Gasteiger partial charge in [0.2, 0.25) is 0 Å². The van der Waals surface area contributed by atoms with Crippen molar-refractivity contribution >= 4 is 82.7 Å². The van der Waals surface area contributed by atoms with Gasteiger partial charge in [-0.3, -0.25) is 0 Å². The average Bonchev–Trinajstić information content (AvgIpc) is 3.94. The summed E-state index contributed by atoms with van der Waals surface area (Å²) in [4.78, 5) is 5.13. The van der Waals surface area contributed by atoms with Gasteiger partial charge in [-0.1, -0.05) is 165 Å². The molecule has 4 atom stereocenters. The van der Waals surface area contributed by atoms with Crippen LogP contribution in [0, 0.1) is 5.92 Å². The van der Waals surface area contributed by atoms with E-state index in [4.69, 9.17) is 9.15 Å². The monoisotopic (exact) mass is 904 g/mol. The summed E-state index contributed by atoms with van der Waals surface area (Å²) in [5.41, 5.74) is 13.6. The molecular formula is C65H64N2O2. The van der Waals surface area contributed by atoms with Crippen molar-refractivity contribution in [2.24, 2.45) is 5.92 Å². The van der Waals surface area contributed by atoms with Crippen LogP contribution in [0.1, 0.15) is 121 Å². The molecule has 9 aromatic rings. The molecule has 2 aliphatic carbocycles. The zero-order valence-electron chi connectivity index (χ0n) is 41.7. The van der Waals surface area contributed by atoms with Gasteiger partial charge >= 0.3 is 0 Å². The van der Waals surface area contributed by atoms with Crippen LogP contribution in [-0.2, 0) is 4.74 Å². The molecule has 346 valence electrons. The van der Waals surface area contributed by atoms with Gasteiger partial charge in [0, 0.05) is 38.8 Å². The molecule has 3 unspecified atom stereocenters. The zero-order chi connectivity index (χ0) is 47.5. The van der Waals surface area contributed by atoms with E-state index in [1.807, 2.05) is 0 Å². The van der Waals surface area contributed by atoms with Crippen molar-refractivity contribution in [2.75, 3.05) is 9.80 Å². The fraction of sp³-hybridized carbons (Fsp3) is 0.292. The Morgan fingerprint density at radius 2 is 1.16 bits per heavy atom. The maximum absolute atomic E-state index is 7.29. The van der Waals surface area contributed by atoms with Crippen LogP contribution in [-0.4, -0.2) is 17.7 Å². The predicted octanol–water partition coefficient (Wildman–Crippen LogP) is 18.6. The largest absolute Gasteiger partial charge is 0.454 e. The second-order valence-corrected chi connectivity index (χ2v) is 21.6. The maximum Gasteiger partial charge on any atom is 0.159 e. The van der Waals surface area contributed by atoms with Crippen LogP contribution in [0.4, 0.5) is 28.4 Å². The molecule has 69 heavy (non-hydrogen) atoms. The third-order valence-electron chi connectivity index (χ3n) is 16.0. The summed E-state index contributed by atoms with van der Waals surface area (Å²) in [6.07, 6.45) is 14.0. The minimum Gasteiger partial charge on any atom is -0.454 e. The first-order chi connectivity index (χ1) is 33.4. The van der Waals surface area contributed by atoms with Crippen LogP contribution < -0.4 is 9.80 Å². The lowest BCUT2D eigenvalue weighted by molar-refractivity contribution is 0.0130. The van der Waals surface area contributed by atoms with Gasteiger partial charge in [-0.25, -0.2) is 0 Å². The van der Waals surface area contributed by atoms with Gasteiger partial charge in [0.15, 0.2) is 5.58 Å². The Bertz CT molecular complexity index is 3530. The zero-order valence-corrected chi connectivity index (χ0v) is 41.7. The van der Waals surface area contributed by atoms with Gasteiger partial charge in [0.25, 0.3) is 0 Å². The Labute approximate surface area is 407 Å². The van der Waals surface area contributed by atoms with E-state index >= 15 is 0 Å². The number of benzene rings is 8. The Morgan fingerprint density at radius 1 is 0.565 bits per heavy atom. The summed E-state index contributed by atoms with van der Waals surface area (Å²) in [6.45, 7) is 20.9. The van der Waals surface area contributed by atoms with Crippen molar-refractivity contribution in [1.82, 2.24) is 0 Å². The fourth-order valence-corrected chi connectivity index (χ4v) is 12.4. The molecule has 0 N–H and O–H groups in total. The van der Waals surface area contributed by atoms with Crippen molar-refractivity contribution in [3.05, 3.63) is 186 Å². The highest BCUT2D eigenvalue weighted by Gasteiger charge is 2.51. The molecule has 8 aromatic carbocycles. The second kappa shape index (κ2) is 16.5. The average molecular weight is 905 g/mol. The van der Waals surface area contributed by atoms with E-state index < -0.39 is 5.54 Å². The second-order valence-electron chi connectivity index (χ2n) is 21.6. The highest BCUT2D eigenvalue weighted by atomic mass is 16.5. The summed E-state index contributed by atoms with van der Waals surface area (Å²) in [7, 11) is 0. The van der Waals surface area contributed by atoms with Gasteiger partial charge in [0.05, 0.1) is 28.7 Å². The number of rotatable bonds is 10. The summed E-state index contributed by atoms with van der Waals surface area (Å²) >= 11 is 0. The van der Waals surface area contributed by atoms with Gasteiger partial charge in [-0.2, -0.15) is 0 Å². The quantitative estimate of drug-likeness (QED) is 0.101. The van der Waals surface area contributed by atoms with Crippen molar-refractivity contribution in [3.63, 3.8) is 0 Å². The number of hydrogen-bond donors (Lipinski definition) is 0. The summed E-state index contributed by atoms with van der Waals surface area (Å²) in [6, 6.07) is 48.4. The Balaban J connectivity index is 1.17. The minimum absolute atomic E-state index is 0.109. The molecule has 1 fully saturated rings. The smallest absolute Gasteiger partial charge is 0.159 e. The van der Waals surface area contributed by atoms with Crippen LogP contribution in [0.25, 0.3) is 54.3 Å². The van der Waals surface area contributed by atoms with Crippen LogP contribution >= 0.6 is 0 Å². The minimum atomic E-state index is -0.524. The van der Waals surface area contributed by atoms with E-state index in [0.717, 1.165) is 51.8 Å². The Morgan fingerprint density at radius 3 is 1.81 bits per heavy atom. The third kappa shape index (κ3) is 6.80. The normalized spacial score (nSPS) is 20.2. The maximum atomic E-state index is 7.29. The molecule has 3 aliphatic rings. The number of ether oxygens (including phenoxy) is 1. The van der Waals surface area contributed by atoms with E-state index in [2.05, 4.69) is 230 Å². The van der Waals surface area contributed by atoms with Crippen LogP contribution in [0.15, 0.2) is 168 Å². The van der Waals surface area contributed by atoms with E-state index in [1.165, 1.54) is 71.5 Å². The summed E-state index contributed by atoms with van der Waals surface area (Å²) in [5.74, 6) is 1.67. The van der Waals surface area contributed by atoms with E-state index in [0.29, 0.717) is 17.8 Å². The molecule has 4 heteroatoms. The SMILES string of the molecule is CC(C)c1ccc(N(c2cc(C(C)C)c3ccc4c(N(c5ccc(C(C)C)cc5)[C@@]5(C)C=CC=C6C7C=CCCC7OC65)cc(C(C)C)c5ccc2c3c54)c2cccc3c2oc2ccccc23)cc1. The van der Waals surface area contributed by atoms with E-state index in [-0.39, 0.29) is 24.0 Å². The highest BCUT2D eigenvalue weighted by molar-refractivity contribution is 6.29. The number of hydrogen-bond acceptors (Lipinski definition) is 4. The number of furan rings is 1. The number of para-hydroxylation sites is 2. The number of fused-ring (bicyclic) bond motifs is 6. The Hall–Kier alpha value is -6.62. The molecule has 0 saturated carbocycles. The van der Waals surface area contributed by atoms with Crippen molar-refractivity contribution < 1.29 is 9.15 Å². The lowest BCUT2D eigenvalue weighted by Gasteiger charge is -2.47. The molecule has 0 amide bonds. The topological polar surface area (TPSA) is 28.9 Å². The number of nitrogens with zero attached hydrogens (tertiary/aromatic N) is 2. The van der Waals surface area contributed by atoms with Crippen LogP contribution in [0.5, 0.6) is 0 Å². The molecule has 4 nitrogen and oxygen atoms in total. The summed E-state index contributed by atoms with van der Waals surface area (Å²) < 4.78 is 14.2. The van der Waals surface area contributed by atoms with Gasteiger partial charge in [-0.05, 0) is 141 Å². The number of anilines is 5. The van der Waals surface area contributed by atoms with Gasteiger partial charge < -0.3 is 19.0 Å². The molecular weight excluding hydrogens is 841 g/mol. The van der Waals surface area contributed by atoms with E-state index in [9.17, 15) is 0 Å². The first-order valence-corrected chi connectivity index (χ1v) is 25.6. The highest BCUT2D eigenvalue weighted by Crippen LogP contribution is 2.54. The molecule has 0 bridgehead atoms. The van der Waals surface area contributed by atoms with Gasteiger partial charge in [0.1, 0.15) is 11.7 Å². The molecule has 1 aromatic heterocycles.